The molecule has 3 N–H and O–H groups in total. The lowest BCUT2D eigenvalue weighted by Crippen LogP contribution is -2.37. The first-order valence-corrected chi connectivity index (χ1v) is 9.97. The molecule has 0 radical (unpaired) electrons. The van der Waals surface area contributed by atoms with Crippen LogP contribution in [0.5, 0.6) is 11.5 Å². The summed E-state index contributed by atoms with van der Waals surface area (Å²) in [6, 6.07) is 6.41. The maximum Gasteiger partial charge on any atom is 0.198 e. The zero-order chi connectivity index (χ0) is 19.5. The van der Waals surface area contributed by atoms with Gasteiger partial charge < -0.3 is 15.3 Å². The van der Waals surface area contributed by atoms with Crippen LogP contribution < -0.4 is 0 Å². The summed E-state index contributed by atoms with van der Waals surface area (Å²) >= 11 is 1.45. The summed E-state index contributed by atoms with van der Waals surface area (Å²) in [6.45, 7) is 3.64. The lowest BCUT2D eigenvalue weighted by Gasteiger charge is -2.39. The van der Waals surface area contributed by atoms with E-state index in [0.29, 0.717) is 29.7 Å². The van der Waals surface area contributed by atoms with E-state index in [0.717, 1.165) is 0 Å². The second-order valence-corrected chi connectivity index (χ2v) is 8.62. The van der Waals surface area contributed by atoms with Crippen LogP contribution in [0.3, 0.4) is 0 Å². The van der Waals surface area contributed by atoms with Gasteiger partial charge in [-0.1, -0.05) is 31.2 Å². The van der Waals surface area contributed by atoms with Crippen molar-refractivity contribution in [2.24, 2.45) is 0 Å². The van der Waals surface area contributed by atoms with Crippen LogP contribution in [0.15, 0.2) is 24.3 Å². The van der Waals surface area contributed by atoms with Gasteiger partial charge in [0, 0.05) is 22.3 Å². The van der Waals surface area contributed by atoms with Crippen LogP contribution in [0.4, 0.5) is 0 Å². The molecule has 6 heteroatoms. The summed E-state index contributed by atoms with van der Waals surface area (Å²) in [6.07, 6.45) is 0.709. The molecule has 0 spiro atoms. The fourth-order valence-corrected chi connectivity index (χ4v) is 5.40. The van der Waals surface area contributed by atoms with E-state index in [9.17, 15) is 24.9 Å². The number of aromatic hydroxyl groups is 2. The minimum absolute atomic E-state index is 0.128. The number of hydrogen-bond acceptors (Lipinski definition) is 6. The Morgan fingerprint density at radius 3 is 2.19 bits per heavy atom. The fraction of sp³-hybridized carbons (Fsp3) is 0.333. The molecule has 140 valence electrons. The van der Waals surface area contributed by atoms with E-state index in [1.54, 1.807) is 31.2 Å². The van der Waals surface area contributed by atoms with E-state index in [1.807, 2.05) is 6.92 Å². The van der Waals surface area contributed by atoms with Gasteiger partial charge >= 0.3 is 0 Å². The number of carbonyl (C=O) groups is 2. The van der Waals surface area contributed by atoms with E-state index in [1.165, 1.54) is 11.8 Å². The molecule has 5 nitrogen and oxygen atoms in total. The van der Waals surface area contributed by atoms with Crippen molar-refractivity contribution in [2.45, 2.75) is 37.5 Å². The number of benzene rings is 2. The molecule has 0 saturated heterocycles. The molecular formula is C21H20O5S. The van der Waals surface area contributed by atoms with E-state index in [2.05, 4.69) is 0 Å². The summed E-state index contributed by atoms with van der Waals surface area (Å²) in [5.74, 6) is -0.804. The summed E-state index contributed by atoms with van der Waals surface area (Å²) in [5.41, 5.74) is -0.116. The molecule has 0 saturated carbocycles. The first kappa shape index (κ1) is 18.1. The normalized spacial score (nSPS) is 23.6. The molecule has 0 aliphatic heterocycles. The van der Waals surface area contributed by atoms with E-state index < -0.39 is 22.4 Å². The predicted molar refractivity (Wildman–Crippen MR) is 103 cm³/mol. The summed E-state index contributed by atoms with van der Waals surface area (Å²) in [7, 11) is 0. The number of carbonyl (C=O) groups excluding carboxylic acids is 2. The predicted octanol–water partition coefficient (Wildman–Crippen LogP) is 3.36. The molecule has 0 heterocycles. The van der Waals surface area contributed by atoms with Crippen molar-refractivity contribution >= 4 is 23.3 Å². The van der Waals surface area contributed by atoms with Gasteiger partial charge in [0.15, 0.2) is 11.6 Å². The van der Waals surface area contributed by atoms with Gasteiger partial charge in [-0.2, -0.15) is 11.8 Å². The summed E-state index contributed by atoms with van der Waals surface area (Å²) < 4.78 is 0. The number of rotatable bonds is 2. The van der Waals surface area contributed by atoms with Crippen LogP contribution in [0, 0.1) is 0 Å². The molecule has 0 bridgehead atoms. The zero-order valence-electron chi connectivity index (χ0n) is 15.1. The van der Waals surface area contributed by atoms with Gasteiger partial charge in [0.1, 0.15) is 11.5 Å². The Morgan fingerprint density at radius 1 is 1.07 bits per heavy atom. The van der Waals surface area contributed by atoms with Crippen molar-refractivity contribution < 1.29 is 24.9 Å². The number of hydrogen-bond donors (Lipinski definition) is 3. The van der Waals surface area contributed by atoms with E-state index >= 15 is 0 Å². The average molecular weight is 384 g/mol. The molecular weight excluding hydrogens is 364 g/mol. The molecule has 4 rings (SSSR count). The molecule has 0 amide bonds. The first-order valence-electron chi connectivity index (χ1n) is 8.92. The minimum atomic E-state index is -1.09. The van der Waals surface area contributed by atoms with Crippen LogP contribution in [0.1, 0.15) is 68.5 Å². The van der Waals surface area contributed by atoms with Gasteiger partial charge in [0.05, 0.1) is 22.0 Å². The first-order chi connectivity index (χ1) is 12.8. The fourth-order valence-electron chi connectivity index (χ4n) is 4.17. The molecule has 2 aliphatic rings. The highest BCUT2D eigenvalue weighted by atomic mass is 32.2. The SMILES string of the molecule is CCS[C@@H]1c2c(O)c3c(c(O)c2CC[C@@]1(C)O)C(=O)c1ccccc1C3=O. The van der Waals surface area contributed by atoms with E-state index in [-0.39, 0.29) is 33.8 Å². The van der Waals surface area contributed by atoms with Crippen molar-refractivity contribution in [1.29, 1.82) is 0 Å². The highest BCUT2D eigenvalue weighted by Gasteiger charge is 2.45. The smallest absolute Gasteiger partial charge is 0.198 e. The molecule has 2 atom stereocenters. The Hall–Kier alpha value is -2.31. The number of phenolic OH excluding ortho intramolecular Hbond substituents is 2. The van der Waals surface area contributed by atoms with Crippen LogP contribution in [0.25, 0.3) is 0 Å². The zero-order valence-corrected chi connectivity index (χ0v) is 15.9. The van der Waals surface area contributed by atoms with Crippen molar-refractivity contribution in [1.82, 2.24) is 0 Å². The summed E-state index contributed by atoms with van der Waals surface area (Å²) in [4.78, 5) is 26.0. The van der Waals surface area contributed by atoms with E-state index in [4.69, 9.17) is 0 Å². The van der Waals surface area contributed by atoms with Crippen LogP contribution in [-0.4, -0.2) is 38.2 Å². The highest BCUT2D eigenvalue weighted by molar-refractivity contribution is 7.99. The van der Waals surface area contributed by atoms with Gasteiger partial charge in [-0.25, -0.2) is 0 Å². The third-order valence-corrected chi connectivity index (χ3v) is 6.91. The van der Waals surface area contributed by atoms with Gasteiger partial charge in [-0.3, -0.25) is 9.59 Å². The Labute approximate surface area is 161 Å². The highest BCUT2D eigenvalue weighted by Crippen LogP contribution is 2.54. The van der Waals surface area contributed by atoms with Gasteiger partial charge in [0.2, 0.25) is 0 Å². The maximum atomic E-state index is 13.0. The number of fused-ring (bicyclic) bond motifs is 3. The summed E-state index contributed by atoms with van der Waals surface area (Å²) in [5, 5.41) is 32.3. The van der Waals surface area contributed by atoms with Gasteiger partial charge in [-0.05, 0) is 25.5 Å². The third-order valence-electron chi connectivity index (χ3n) is 5.50. The standard InChI is InChI=1S/C21H20O5S/c1-3-27-20-13-12(8-9-21(20,2)26)18(24)14-15(19(13)25)17(23)11-7-5-4-6-10(11)16(14)22/h4-7,20,24-26H,3,8-9H2,1-2H3/t20-,21-/m1/s1. The minimum Gasteiger partial charge on any atom is -0.507 e. The molecule has 0 aromatic heterocycles. The second kappa shape index (κ2) is 6.11. The van der Waals surface area contributed by atoms with Crippen molar-refractivity contribution in [3.05, 3.63) is 57.6 Å². The average Bonchev–Trinajstić information content (AvgIpc) is 2.64. The van der Waals surface area contributed by atoms with Gasteiger partial charge in [-0.15, -0.1) is 0 Å². The number of phenols is 2. The molecule has 27 heavy (non-hydrogen) atoms. The Kier molecular flexibility index (Phi) is 4.09. The largest absolute Gasteiger partial charge is 0.507 e. The topological polar surface area (TPSA) is 94.8 Å². The molecule has 2 aromatic rings. The molecule has 2 aromatic carbocycles. The maximum absolute atomic E-state index is 13.0. The van der Waals surface area contributed by atoms with Crippen LogP contribution >= 0.6 is 11.8 Å². The van der Waals surface area contributed by atoms with Crippen molar-refractivity contribution in [3.63, 3.8) is 0 Å². The number of aliphatic hydroxyl groups is 1. The van der Waals surface area contributed by atoms with Crippen molar-refractivity contribution in [2.75, 3.05) is 5.75 Å². The van der Waals surface area contributed by atoms with Crippen LogP contribution in [0.2, 0.25) is 0 Å². The lowest BCUT2D eigenvalue weighted by molar-refractivity contribution is 0.0414. The Bertz CT molecular complexity index is 993. The van der Waals surface area contributed by atoms with Crippen molar-refractivity contribution in [3.8, 4) is 11.5 Å². The quantitative estimate of drug-likeness (QED) is 0.587. The number of ketones is 2. The third kappa shape index (κ3) is 2.43. The molecule has 2 aliphatic carbocycles. The Morgan fingerprint density at radius 2 is 1.63 bits per heavy atom. The van der Waals surface area contributed by atoms with Crippen LogP contribution in [-0.2, 0) is 6.42 Å². The van der Waals surface area contributed by atoms with Gasteiger partial charge in [0.25, 0.3) is 0 Å². The molecule has 0 fully saturated rings. The molecule has 0 unspecified atom stereocenters. The lowest BCUT2D eigenvalue weighted by atomic mass is 9.74. The Balaban J connectivity index is 2.04. The monoisotopic (exact) mass is 384 g/mol. The number of thioether (sulfide) groups is 1. The second-order valence-electron chi connectivity index (χ2n) is 7.24.